The fraction of sp³-hybridized carbons (Fsp3) is 0.500. The number of carbonyl (C=O) groups excluding carboxylic acids is 2. The van der Waals surface area contributed by atoms with Gasteiger partial charge in [-0.05, 0) is 41.9 Å². The number of aromatic amines is 1. The van der Waals surface area contributed by atoms with E-state index >= 15 is 0 Å². The number of fused-ring (bicyclic) bond motifs is 1. The molecule has 14 heteroatoms. The molecule has 32 heavy (non-hydrogen) atoms. The maximum Gasteiger partial charge on any atom is 0.490 e. The third-order valence-electron chi connectivity index (χ3n) is 5.26. The quantitative estimate of drug-likeness (QED) is 0.447. The summed E-state index contributed by atoms with van der Waals surface area (Å²) in [5, 5.41) is 13.9. The molecule has 2 aromatic rings. The third kappa shape index (κ3) is 5.18. The number of amides is 1. The van der Waals surface area contributed by atoms with Crippen LogP contribution in [0.15, 0.2) is 17.0 Å². The second-order valence-corrected chi connectivity index (χ2v) is 8.21. The van der Waals surface area contributed by atoms with Crippen molar-refractivity contribution in [3.63, 3.8) is 0 Å². The number of aromatic nitrogens is 3. The van der Waals surface area contributed by atoms with Crippen LogP contribution in [-0.2, 0) is 14.3 Å². The number of nitrogens with zero attached hydrogens (tertiary/aromatic N) is 2. The highest BCUT2D eigenvalue weighted by Crippen LogP contribution is 2.41. The Morgan fingerprint density at radius 3 is 2.59 bits per heavy atom. The highest BCUT2D eigenvalue weighted by atomic mass is 79.9. The molecule has 2 aromatic heterocycles. The van der Waals surface area contributed by atoms with Crippen LogP contribution < -0.4 is 10.6 Å². The number of alkyl halides is 3. The molecule has 1 spiro atoms. The van der Waals surface area contributed by atoms with E-state index in [1.807, 2.05) is 0 Å². The number of cyclic esters (lactones) is 1. The van der Waals surface area contributed by atoms with Crippen molar-refractivity contribution in [3.8, 4) is 0 Å². The maximum atomic E-state index is 12.5. The maximum absolute atomic E-state index is 12.5. The van der Waals surface area contributed by atoms with Crippen LogP contribution in [0, 0.1) is 5.41 Å². The van der Waals surface area contributed by atoms with Gasteiger partial charge in [0.15, 0.2) is 0 Å². The first-order chi connectivity index (χ1) is 15.0. The number of esters is 1. The lowest BCUT2D eigenvalue weighted by molar-refractivity contribution is -0.192. The summed E-state index contributed by atoms with van der Waals surface area (Å²) in [5.74, 6) is -3.20. The second-order valence-electron chi connectivity index (χ2n) is 7.36. The lowest BCUT2D eigenvalue weighted by Gasteiger charge is -2.29. The standard InChI is InChI=1S/C16H18BrN5O3.C2HF3O2/c17-10-7-19-13-11(10)12(21-8-22-13)14(23)20-6-9-5-16(15(24)25-9)1-3-18-4-2-16;3-2(4,5)1(6)7/h7-9,18H,1-6H2,(H,20,23)(H,19,21,22);(H,6,7). The Kier molecular flexibility index (Phi) is 7.03. The molecule has 10 nitrogen and oxygen atoms in total. The zero-order chi connectivity index (χ0) is 23.5. The Morgan fingerprint density at radius 2 is 1.97 bits per heavy atom. The minimum Gasteiger partial charge on any atom is -0.475 e. The number of H-pyrrole nitrogens is 1. The van der Waals surface area contributed by atoms with Crippen LogP contribution >= 0.6 is 15.9 Å². The molecule has 2 aliphatic rings. The first-order valence-corrected chi connectivity index (χ1v) is 10.3. The van der Waals surface area contributed by atoms with E-state index in [0.717, 1.165) is 30.4 Å². The van der Waals surface area contributed by atoms with Gasteiger partial charge in [0.05, 0.1) is 17.3 Å². The fourth-order valence-electron chi connectivity index (χ4n) is 3.65. The van der Waals surface area contributed by atoms with Crippen LogP contribution in [0.5, 0.6) is 0 Å². The van der Waals surface area contributed by atoms with Crippen LogP contribution in [-0.4, -0.2) is 69.8 Å². The number of ether oxygens (including phenoxy) is 1. The molecule has 0 aliphatic carbocycles. The highest BCUT2D eigenvalue weighted by Gasteiger charge is 2.49. The van der Waals surface area contributed by atoms with Crippen LogP contribution in [0.3, 0.4) is 0 Å². The van der Waals surface area contributed by atoms with Gasteiger partial charge in [0.2, 0.25) is 0 Å². The molecule has 2 fully saturated rings. The van der Waals surface area contributed by atoms with Crippen LogP contribution in [0.4, 0.5) is 13.2 Å². The van der Waals surface area contributed by atoms with Gasteiger partial charge in [-0.15, -0.1) is 0 Å². The fourth-order valence-corrected chi connectivity index (χ4v) is 4.14. The number of piperidine rings is 1. The number of carboxylic acids is 1. The van der Waals surface area contributed by atoms with Gasteiger partial charge >= 0.3 is 18.1 Å². The van der Waals surface area contributed by atoms with Gasteiger partial charge in [-0.3, -0.25) is 9.59 Å². The molecular formula is C18H19BrF3N5O5. The lowest BCUT2D eigenvalue weighted by Crippen LogP contribution is -2.39. The van der Waals surface area contributed by atoms with E-state index in [0.29, 0.717) is 23.1 Å². The second kappa shape index (κ2) is 9.40. The van der Waals surface area contributed by atoms with E-state index < -0.39 is 12.1 Å². The minimum atomic E-state index is -5.08. The SMILES string of the molecule is O=C(NCC1CC2(CCNCC2)C(=O)O1)c1ncnc2[nH]cc(Br)c12.O=C(O)C(F)(F)F. The van der Waals surface area contributed by atoms with Crippen molar-refractivity contribution < 1.29 is 37.4 Å². The zero-order valence-electron chi connectivity index (χ0n) is 16.5. The first kappa shape index (κ1) is 23.9. The molecule has 4 heterocycles. The van der Waals surface area contributed by atoms with Crippen molar-refractivity contribution in [1.82, 2.24) is 25.6 Å². The summed E-state index contributed by atoms with van der Waals surface area (Å²) < 4.78 is 38.0. The Balaban J connectivity index is 0.000000360. The van der Waals surface area contributed by atoms with Gasteiger partial charge in [-0.1, -0.05) is 0 Å². The summed E-state index contributed by atoms with van der Waals surface area (Å²) in [5.41, 5.74) is 0.499. The van der Waals surface area contributed by atoms with Crippen LogP contribution in [0.25, 0.3) is 11.0 Å². The Hall–Kier alpha value is -2.74. The van der Waals surface area contributed by atoms with Gasteiger partial charge in [-0.2, -0.15) is 13.2 Å². The van der Waals surface area contributed by atoms with E-state index in [1.165, 1.54) is 6.33 Å². The largest absolute Gasteiger partial charge is 0.490 e. The molecule has 0 aromatic carbocycles. The number of halogens is 4. The number of nitrogens with one attached hydrogen (secondary N) is 3. The van der Waals surface area contributed by atoms with Gasteiger partial charge < -0.3 is 25.5 Å². The van der Waals surface area contributed by atoms with Crippen LogP contribution in [0.1, 0.15) is 29.8 Å². The third-order valence-corrected chi connectivity index (χ3v) is 5.88. The smallest absolute Gasteiger partial charge is 0.475 e. The molecule has 2 saturated heterocycles. The predicted molar refractivity (Wildman–Crippen MR) is 107 cm³/mol. The van der Waals surface area contributed by atoms with Crippen molar-refractivity contribution >= 4 is 44.8 Å². The molecule has 0 radical (unpaired) electrons. The van der Waals surface area contributed by atoms with Crippen molar-refractivity contribution in [1.29, 1.82) is 0 Å². The molecular weight excluding hydrogens is 503 g/mol. The van der Waals surface area contributed by atoms with E-state index in [9.17, 15) is 22.8 Å². The number of hydrogen-bond acceptors (Lipinski definition) is 7. The molecule has 1 atom stereocenters. The predicted octanol–water partition coefficient (Wildman–Crippen LogP) is 1.77. The van der Waals surface area contributed by atoms with E-state index in [4.69, 9.17) is 14.6 Å². The first-order valence-electron chi connectivity index (χ1n) is 9.51. The van der Waals surface area contributed by atoms with Crippen molar-refractivity contribution in [3.05, 3.63) is 22.7 Å². The Morgan fingerprint density at radius 1 is 1.31 bits per heavy atom. The molecule has 0 saturated carbocycles. The van der Waals surface area contributed by atoms with E-state index in [2.05, 4.69) is 41.5 Å². The summed E-state index contributed by atoms with van der Waals surface area (Å²) in [4.78, 5) is 44.9. The van der Waals surface area contributed by atoms with Crippen molar-refractivity contribution in [2.75, 3.05) is 19.6 Å². The highest BCUT2D eigenvalue weighted by molar-refractivity contribution is 9.10. The zero-order valence-corrected chi connectivity index (χ0v) is 18.0. The van der Waals surface area contributed by atoms with Gasteiger partial charge in [0, 0.05) is 17.1 Å². The summed E-state index contributed by atoms with van der Waals surface area (Å²) >= 11 is 3.39. The Bertz CT molecular complexity index is 1020. The number of aliphatic carboxylic acids is 1. The van der Waals surface area contributed by atoms with Gasteiger partial charge in [0.1, 0.15) is 23.8 Å². The van der Waals surface area contributed by atoms with Gasteiger partial charge in [0.25, 0.3) is 5.91 Å². The van der Waals surface area contributed by atoms with Crippen LogP contribution in [0.2, 0.25) is 0 Å². The molecule has 174 valence electrons. The number of carbonyl (C=O) groups is 3. The number of hydrogen-bond donors (Lipinski definition) is 4. The summed E-state index contributed by atoms with van der Waals surface area (Å²) in [6.45, 7) is 1.94. The average molecular weight is 522 g/mol. The molecule has 1 unspecified atom stereocenters. The average Bonchev–Trinajstić information content (AvgIpc) is 3.26. The molecule has 2 aliphatic heterocycles. The summed E-state index contributed by atoms with van der Waals surface area (Å²) in [6, 6.07) is 0. The summed E-state index contributed by atoms with van der Waals surface area (Å²) in [6.07, 6.45) is -0.0734. The lowest BCUT2D eigenvalue weighted by atomic mass is 9.76. The number of carboxylic acid groups (broad SMARTS) is 1. The molecule has 4 N–H and O–H groups in total. The van der Waals surface area contributed by atoms with Crippen molar-refractivity contribution in [2.24, 2.45) is 5.41 Å². The number of rotatable bonds is 3. The van der Waals surface area contributed by atoms with E-state index in [-0.39, 0.29) is 29.9 Å². The molecule has 1 amide bonds. The molecule has 4 rings (SSSR count). The van der Waals surface area contributed by atoms with Crippen molar-refractivity contribution in [2.45, 2.75) is 31.5 Å². The Labute approximate surface area is 187 Å². The van der Waals surface area contributed by atoms with E-state index in [1.54, 1.807) is 6.20 Å². The van der Waals surface area contributed by atoms with Gasteiger partial charge in [-0.25, -0.2) is 14.8 Å². The minimum absolute atomic E-state index is 0.133. The summed E-state index contributed by atoms with van der Waals surface area (Å²) in [7, 11) is 0. The topological polar surface area (TPSA) is 146 Å². The molecule has 0 bridgehead atoms. The normalized spacial score (nSPS) is 19.9. The monoisotopic (exact) mass is 521 g/mol.